The van der Waals surface area contributed by atoms with E-state index in [0.29, 0.717) is 5.56 Å². The standard InChI is InChI=1S/C9H10ClNO5S/c1-6(16-17(2,14)15)7-3-4-9(11(12)13)8(10)5-7/h3-6H,1-2H3. The van der Waals surface area contributed by atoms with Crippen molar-refractivity contribution < 1.29 is 17.5 Å². The number of rotatable bonds is 4. The maximum atomic E-state index is 10.9. The Morgan fingerprint density at radius 3 is 2.47 bits per heavy atom. The fraction of sp³-hybridized carbons (Fsp3) is 0.333. The molecule has 0 aliphatic heterocycles. The molecule has 0 N–H and O–H groups in total. The van der Waals surface area contributed by atoms with Crippen LogP contribution in [0.1, 0.15) is 18.6 Å². The zero-order valence-corrected chi connectivity index (χ0v) is 10.7. The van der Waals surface area contributed by atoms with Crippen molar-refractivity contribution in [3.63, 3.8) is 0 Å². The smallest absolute Gasteiger partial charge is 0.262 e. The molecule has 0 saturated carbocycles. The van der Waals surface area contributed by atoms with Gasteiger partial charge in [-0.2, -0.15) is 8.42 Å². The molecule has 1 rings (SSSR count). The molecule has 94 valence electrons. The molecule has 0 aromatic heterocycles. The molecule has 0 aliphatic rings. The Bertz CT molecular complexity index is 542. The largest absolute Gasteiger partial charge is 0.287 e. The van der Waals surface area contributed by atoms with Gasteiger partial charge in [0.1, 0.15) is 5.02 Å². The molecule has 0 saturated heterocycles. The lowest BCUT2D eigenvalue weighted by molar-refractivity contribution is -0.384. The Labute approximate surface area is 103 Å². The summed E-state index contributed by atoms with van der Waals surface area (Å²) in [6.07, 6.45) is 0.180. The minimum absolute atomic E-state index is 0.0588. The molecular weight excluding hydrogens is 270 g/mol. The van der Waals surface area contributed by atoms with Gasteiger partial charge in [0.2, 0.25) is 0 Å². The number of hydrogen-bond donors (Lipinski definition) is 0. The van der Waals surface area contributed by atoms with Gasteiger partial charge in [0.05, 0.1) is 17.3 Å². The van der Waals surface area contributed by atoms with Gasteiger partial charge in [-0.05, 0) is 24.6 Å². The Kier molecular flexibility index (Phi) is 4.07. The predicted octanol–water partition coefficient (Wildman–Crippen LogP) is 2.29. The molecule has 6 nitrogen and oxygen atoms in total. The van der Waals surface area contributed by atoms with E-state index in [2.05, 4.69) is 0 Å². The number of hydrogen-bond acceptors (Lipinski definition) is 5. The van der Waals surface area contributed by atoms with Crippen LogP contribution in [0.2, 0.25) is 5.02 Å². The summed E-state index contributed by atoms with van der Waals surface area (Å²) >= 11 is 5.69. The molecule has 0 amide bonds. The first kappa shape index (κ1) is 13.9. The number of nitro benzene ring substituents is 1. The third kappa shape index (κ3) is 3.95. The van der Waals surface area contributed by atoms with Crippen molar-refractivity contribution in [3.8, 4) is 0 Å². The van der Waals surface area contributed by atoms with Crippen LogP contribution in [0.15, 0.2) is 18.2 Å². The lowest BCUT2D eigenvalue weighted by Crippen LogP contribution is -2.07. The summed E-state index contributed by atoms with van der Waals surface area (Å²) < 4.78 is 26.5. The maximum Gasteiger partial charge on any atom is 0.287 e. The highest BCUT2D eigenvalue weighted by Crippen LogP contribution is 2.29. The third-order valence-corrected chi connectivity index (χ3v) is 2.90. The van der Waals surface area contributed by atoms with Gasteiger partial charge in [0.15, 0.2) is 0 Å². The molecule has 0 heterocycles. The van der Waals surface area contributed by atoms with Crippen LogP contribution in [-0.2, 0) is 14.3 Å². The van der Waals surface area contributed by atoms with Gasteiger partial charge in [-0.25, -0.2) is 0 Å². The lowest BCUT2D eigenvalue weighted by Gasteiger charge is -2.11. The molecular formula is C9H10ClNO5S. The normalized spacial score (nSPS) is 13.4. The summed E-state index contributed by atoms with van der Waals surface area (Å²) in [5.41, 5.74) is 0.216. The van der Waals surface area contributed by atoms with Crippen molar-refractivity contribution >= 4 is 27.4 Å². The second kappa shape index (κ2) is 4.99. The van der Waals surface area contributed by atoms with E-state index >= 15 is 0 Å². The molecule has 1 aromatic rings. The maximum absolute atomic E-state index is 10.9. The highest BCUT2D eigenvalue weighted by molar-refractivity contribution is 7.86. The summed E-state index contributed by atoms with van der Waals surface area (Å²) in [5, 5.41) is 10.5. The van der Waals surface area contributed by atoms with E-state index in [-0.39, 0.29) is 10.7 Å². The van der Waals surface area contributed by atoms with Gasteiger partial charge >= 0.3 is 0 Å². The highest BCUT2D eigenvalue weighted by Gasteiger charge is 2.17. The van der Waals surface area contributed by atoms with E-state index in [0.717, 1.165) is 6.26 Å². The molecule has 17 heavy (non-hydrogen) atoms. The van der Waals surface area contributed by atoms with Crippen molar-refractivity contribution in [1.29, 1.82) is 0 Å². The van der Waals surface area contributed by atoms with E-state index in [1.54, 1.807) is 0 Å². The zero-order chi connectivity index (χ0) is 13.2. The van der Waals surface area contributed by atoms with E-state index in [1.807, 2.05) is 0 Å². The minimum atomic E-state index is -3.59. The number of benzene rings is 1. The summed E-state index contributed by atoms with van der Waals surface area (Å²) in [7, 11) is -3.59. The van der Waals surface area contributed by atoms with Crippen LogP contribution in [0, 0.1) is 10.1 Å². The summed E-state index contributed by atoms with van der Waals surface area (Å²) in [6, 6.07) is 3.93. The Balaban J connectivity index is 3.02. The number of nitrogens with zero attached hydrogens (tertiary/aromatic N) is 1. The average Bonchev–Trinajstić information content (AvgIpc) is 2.14. The Hall–Kier alpha value is -1.18. The lowest BCUT2D eigenvalue weighted by atomic mass is 10.1. The van der Waals surface area contributed by atoms with Gasteiger partial charge in [-0.1, -0.05) is 11.6 Å². The van der Waals surface area contributed by atoms with Crippen molar-refractivity contribution in [2.45, 2.75) is 13.0 Å². The SMILES string of the molecule is CC(OS(C)(=O)=O)c1ccc([N+](=O)[O-])c(Cl)c1. The Morgan fingerprint density at radius 1 is 1.47 bits per heavy atom. The molecule has 0 fully saturated rings. The van der Waals surface area contributed by atoms with Crippen molar-refractivity contribution in [2.75, 3.05) is 6.26 Å². The van der Waals surface area contributed by atoms with E-state index in [9.17, 15) is 18.5 Å². The monoisotopic (exact) mass is 279 g/mol. The minimum Gasteiger partial charge on any atom is -0.262 e. The topological polar surface area (TPSA) is 86.5 Å². The van der Waals surface area contributed by atoms with Crippen LogP contribution in [0.3, 0.4) is 0 Å². The highest BCUT2D eigenvalue weighted by atomic mass is 35.5. The van der Waals surface area contributed by atoms with E-state index in [4.69, 9.17) is 15.8 Å². The summed E-state index contributed by atoms with van der Waals surface area (Å²) in [6.45, 7) is 1.51. The van der Waals surface area contributed by atoms with Crippen LogP contribution in [0.5, 0.6) is 0 Å². The summed E-state index contributed by atoms with van der Waals surface area (Å²) in [5.74, 6) is 0. The quantitative estimate of drug-likeness (QED) is 0.479. The second-order valence-corrected chi connectivity index (χ2v) is 5.42. The van der Waals surface area contributed by atoms with Crippen molar-refractivity contribution in [2.24, 2.45) is 0 Å². The average molecular weight is 280 g/mol. The first-order valence-electron chi connectivity index (χ1n) is 4.53. The van der Waals surface area contributed by atoms with E-state index < -0.39 is 21.1 Å². The molecule has 0 aliphatic carbocycles. The fourth-order valence-corrected chi connectivity index (χ4v) is 2.14. The molecule has 1 unspecified atom stereocenters. The van der Waals surface area contributed by atoms with Gasteiger partial charge in [-0.3, -0.25) is 14.3 Å². The number of nitro groups is 1. The van der Waals surface area contributed by atoms with Gasteiger partial charge in [0.25, 0.3) is 15.8 Å². The van der Waals surface area contributed by atoms with Crippen molar-refractivity contribution in [3.05, 3.63) is 38.9 Å². The first-order valence-corrected chi connectivity index (χ1v) is 6.72. The first-order chi connectivity index (χ1) is 7.70. The molecule has 8 heteroatoms. The van der Waals surface area contributed by atoms with Gasteiger partial charge in [-0.15, -0.1) is 0 Å². The molecule has 0 spiro atoms. The number of halogens is 1. The van der Waals surface area contributed by atoms with Crippen molar-refractivity contribution in [1.82, 2.24) is 0 Å². The predicted molar refractivity (Wildman–Crippen MR) is 62.5 cm³/mol. The third-order valence-electron chi connectivity index (χ3n) is 1.96. The Morgan fingerprint density at radius 2 is 2.06 bits per heavy atom. The molecule has 0 bridgehead atoms. The van der Waals surface area contributed by atoms with E-state index in [1.165, 1.54) is 25.1 Å². The van der Waals surface area contributed by atoms with Crippen LogP contribution in [0.25, 0.3) is 0 Å². The zero-order valence-electron chi connectivity index (χ0n) is 9.08. The summed E-state index contributed by atoms with van der Waals surface area (Å²) in [4.78, 5) is 9.91. The van der Waals surface area contributed by atoms with Crippen LogP contribution in [0.4, 0.5) is 5.69 Å². The van der Waals surface area contributed by atoms with Crippen LogP contribution < -0.4 is 0 Å². The van der Waals surface area contributed by atoms with Gasteiger partial charge < -0.3 is 0 Å². The fourth-order valence-electron chi connectivity index (χ4n) is 1.24. The second-order valence-electron chi connectivity index (χ2n) is 3.41. The van der Waals surface area contributed by atoms with Crippen LogP contribution in [-0.4, -0.2) is 19.6 Å². The molecule has 1 aromatic carbocycles. The molecule has 1 atom stereocenters. The van der Waals surface area contributed by atoms with Crippen LogP contribution >= 0.6 is 11.6 Å². The van der Waals surface area contributed by atoms with Gasteiger partial charge in [0, 0.05) is 6.07 Å². The molecule has 0 radical (unpaired) electrons.